The van der Waals surface area contributed by atoms with Crippen molar-refractivity contribution in [2.45, 2.75) is 19.8 Å². The van der Waals surface area contributed by atoms with Gasteiger partial charge in [-0.15, -0.1) is 19.6 Å². The second kappa shape index (κ2) is 17.9. The summed E-state index contributed by atoms with van der Waals surface area (Å²) >= 11 is 0. The van der Waals surface area contributed by atoms with Gasteiger partial charge in [0, 0.05) is 15.7 Å². The van der Waals surface area contributed by atoms with Crippen LogP contribution >= 0.6 is 16.5 Å². The van der Waals surface area contributed by atoms with Crippen LogP contribution < -0.4 is 0 Å². The number of aliphatic hydroxyl groups excluding tert-OH is 1. The van der Waals surface area contributed by atoms with E-state index in [1.807, 2.05) is 0 Å². The van der Waals surface area contributed by atoms with Gasteiger partial charge in [-0.05, 0) is 6.42 Å². The smallest absolute Gasteiger partial charge is 0.396 e. The van der Waals surface area contributed by atoms with Gasteiger partial charge < -0.3 is 5.11 Å². The Balaban J connectivity index is -0.000000117. The molecule has 0 aliphatic rings. The van der Waals surface area contributed by atoms with Gasteiger partial charge in [0.15, 0.2) is 0 Å². The van der Waals surface area contributed by atoms with Crippen molar-refractivity contribution in [3.8, 4) is 0 Å². The van der Waals surface area contributed by atoms with Gasteiger partial charge in [0.05, 0.1) is 0 Å². The summed E-state index contributed by atoms with van der Waals surface area (Å²) in [5, 5.41) is 8.07. The quantitative estimate of drug-likeness (QED) is 0.427. The molecule has 0 fully saturated rings. The standard InChI is InChI=1S/C4H10O.2HO3P/c1-2-3-4-5;2*1-4(2)3/h5H,2-4H2,1H3;2*(H-,1,2,3)/p+2. The highest BCUT2D eigenvalue weighted by molar-refractivity contribution is 7.31. The summed E-state index contributed by atoms with van der Waals surface area (Å²) < 4.78 is 17.4. The molecule has 0 aromatic rings. The van der Waals surface area contributed by atoms with Gasteiger partial charge in [-0.1, -0.05) is 13.3 Å². The van der Waals surface area contributed by atoms with E-state index in [4.69, 9.17) is 33.8 Å². The minimum Gasteiger partial charge on any atom is -0.396 e. The van der Waals surface area contributed by atoms with Crippen LogP contribution in [0.5, 0.6) is 0 Å². The molecule has 0 bridgehead atoms. The van der Waals surface area contributed by atoms with Gasteiger partial charge in [-0.2, -0.15) is 0 Å². The van der Waals surface area contributed by atoms with Crippen LogP contribution in [-0.4, -0.2) is 31.3 Å². The lowest BCUT2D eigenvalue weighted by Gasteiger charge is -1.79. The molecule has 5 N–H and O–H groups in total. The van der Waals surface area contributed by atoms with Gasteiger partial charge in [0.25, 0.3) is 0 Å². The highest BCUT2D eigenvalue weighted by atomic mass is 31.1. The van der Waals surface area contributed by atoms with Crippen molar-refractivity contribution >= 4 is 16.5 Å². The maximum absolute atomic E-state index is 8.70. The molecule has 0 unspecified atom stereocenters. The zero-order valence-electron chi connectivity index (χ0n) is 7.07. The summed E-state index contributed by atoms with van der Waals surface area (Å²) in [4.78, 5) is 28.5. The Labute approximate surface area is 77.6 Å². The van der Waals surface area contributed by atoms with Crippen molar-refractivity contribution in [1.82, 2.24) is 0 Å². The summed E-state index contributed by atoms with van der Waals surface area (Å²) in [5.41, 5.74) is 0. The molecule has 0 aliphatic heterocycles. The minimum atomic E-state index is -2.87. The minimum absolute atomic E-state index is 0.344. The summed E-state index contributed by atoms with van der Waals surface area (Å²) in [6.07, 6.45) is 2.04. The first-order valence-corrected chi connectivity index (χ1v) is 5.52. The maximum Gasteiger partial charge on any atom is 0.692 e. The Morgan fingerprint density at radius 3 is 1.23 bits per heavy atom. The van der Waals surface area contributed by atoms with Crippen molar-refractivity contribution in [3.63, 3.8) is 0 Å². The lowest BCUT2D eigenvalue weighted by atomic mass is 10.4. The Kier molecular flexibility index (Phi) is 25.8. The Morgan fingerprint density at radius 1 is 1.00 bits per heavy atom. The van der Waals surface area contributed by atoms with Gasteiger partial charge in [-0.3, -0.25) is 0 Å². The summed E-state index contributed by atoms with van der Waals surface area (Å²) in [6.45, 7) is 2.40. The molecule has 0 rings (SSSR count). The summed E-state index contributed by atoms with van der Waals surface area (Å²) in [7, 11) is -5.74. The zero-order valence-corrected chi connectivity index (χ0v) is 8.86. The molecule has 0 aromatic heterocycles. The number of hydrogen-bond acceptors (Lipinski definition) is 3. The van der Waals surface area contributed by atoms with E-state index >= 15 is 0 Å². The first-order chi connectivity index (χ1) is 5.88. The fourth-order valence-electron chi connectivity index (χ4n) is 0.158. The first kappa shape index (κ1) is 18.7. The molecule has 7 nitrogen and oxygen atoms in total. The van der Waals surface area contributed by atoms with Gasteiger partial charge in [-0.25, -0.2) is 0 Å². The topological polar surface area (TPSA) is 135 Å². The van der Waals surface area contributed by atoms with Crippen LogP contribution in [-0.2, 0) is 9.13 Å². The zero-order chi connectivity index (χ0) is 11.3. The van der Waals surface area contributed by atoms with Crippen LogP contribution in [0.15, 0.2) is 0 Å². The van der Waals surface area contributed by atoms with E-state index in [2.05, 4.69) is 6.92 Å². The molecule has 0 heterocycles. The molecule has 0 aromatic carbocycles. The molecule has 0 spiro atoms. The highest BCUT2D eigenvalue weighted by Gasteiger charge is 1.93. The van der Waals surface area contributed by atoms with E-state index in [-0.39, 0.29) is 0 Å². The van der Waals surface area contributed by atoms with E-state index in [1.165, 1.54) is 0 Å². The number of rotatable bonds is 2. The summed E-state index contributed by atoms with van der Waals surface area (Å²) in [6, 6.07) is 0. The van der Waals surface area contributed by atoms with Crippen LogP contribution in [0, 0.1) is 0 Å². The molecule has 9 heteroatoms. The van der Waals surface area contributed by atoms with Crippen LogP contribution in [0.2, 0.25) is 0 Å². The number of aliphatic hydroxyl groups is 1. The van der Waals surface area contributed by atoms with Crippen molar-refractivity contribution in [1.29, 1.82) is 0 Å². The molecular formula is C4H14O7P2+2. The van der Waals surface area contributed by atoms with E-state index < -0.39 is 16.5 Å². The molecule has 0 aliphatic carbocycles. The Bertz CT molecular complexity index is 106. The van der Waals surface area contributed by atoms with Crippen LogP contribution in [0.3, 0.4) is 0 Å². The first-order valence-electron chi connectivity index (χ1n) is 3.19. The lowest BCUT2D eigenvalue weighted by molar-refractivity contribution is 0.287. The van der Waals surface area contributed by atoms with Gasteiger partial charge in [0.2, 0.25) is 0 Å². The molecule has 80 valence electrons. The van der Waals surface area contributed by atoms with E-state index in [0.717, 1.165) is 12.8 Å². The third-order valence-corrected chi connectivity index (χ3v) is 0.512. The maximum atomic E-state index is 8.70. The molecule has 0 radical (unpaired) electrons. The average Bonchev–Trinajstić information content (AvgIpc) is 1.86. The van der Waals surface area contributed by atoms with Crippen LogP contribution in [0.25, 0.3) is 0 Å². The highest BCUT2D eigenvalue weighted by Crippen LogP contribution is 1.98. The number of unbranched alkanes of at least 4 members (excludes halogenated alkanes) is 1. The fourth-order valence-corrected chi connectivity index (χ4v) is 0.158. The average molecular weight is 236 g/mol. The molecule has 0 saturated carbocycles. The Morgan fingerprint density at radius 2 is 1.23 bits per heavy atom. The predicted molar refractivity (Wildman–Crippen MR) is 46.1 cm³/mol. The molecule has 0 amide bonds. The van der Waals surface area contributed by atoms with E-state index in [9.17, 15) is 0 Å². The third-order valence-electron chi connectivity index (χ3n) is 0.512. The van der Waals surface area contributed by atoms with Crippen LogP contribution in [0.4, 0.5) is 0 Å². The normalized spacial score (nSPS) is 7.23. The molecular weight excluding hydrogens is 222 g/mol. The summed E-state index contributed by atoms with van der Waals surface area (Å²) in [5.74, 6) is 0. The van der Waals surface area contributed by atoms with E-state index in [1.54, 1.807) is 0 Å². The fraction of sp³-hybridized carbons (Fsp3) is 1.00. The SMILES string of the molecule is CCCCO.O=[P+](O)O.O=[P+](O)O. The molecule has 0 saturated heterocycles. The largest absolute Gasteiger partial charge is 0.692 e. The predicted octanol–water partition coefficient (Wildman–Crippen LogP) is 0.0356. The van der Waals surface area contributed by atoms with Crippen molar-refractivity contribution in [2.24, 2.45) is 0 Å². The van der Waals surface area contributed by atoms with Gasteiger partial charge >= 0.3 is 16.5 Å². The monoisotopic (exact) mass is 236 g/mol. The Hall–Kier alpha value is -0.0000000000000000416. The second-order valence-corrected chi connectivity index (χ2v) is 2.59. The van der Waals surface area contributed by atoms with Crippen LogP contribution in [0.1, 0.15) is 19.8 Å². The molecule has 13 heavy (non-hydrogen) atoms. The molecule has 0 atom stereocenters. The van der Waals surface area contributed by atoms with Crippen molar-refractivity contribution < 1.29 is 33.8 Å². The third kappa shape index (κ3) is 300. The van der Waals surface area contributed by atoms with Gasteiger partial charge in [0.1, 0.15) is 0 Å². The van der Waals surface area contributed by atoms with Crippen molar-refractivity contribution in [2.75, 3.05) is 6.61 Å². The van der Waals surface area contributed by atoms with Crippen molar-refractivity contribution in [3.05, 3.63) is 0 Å². The lowest BCUT2D eigenvalue weighted by Crippen LogP contribution is -1.75. The van der Waals surface area contributed by atoms with E-state index in [0.29, 0.717) is 6.61 Å². The number of hydrogen-bond donors (Lipinski definition) is 5. The second-order valence-electron chi connectivity index (χ2n) is 1.58.